The first-order chi connectivity index (χ1) is 9.65. The van der Waals surface area contributed by atoms with Crippen molar-refractivity contribution in [3.05, 3.63) is 71.6 Å². The van der Waals surface area contributed by atoms with Gasteiger partial charge in [0, 0.05) is 31.1 Å². The molecule has 1 heterocycles. The van der Waals surface area contributed by atoms with Crippen molar-refractivity contribution in [1.29, 1.82) is 0 Å². The van der Waals surface area contributed by atoms with E-state index >= 15 is 0 Å². The Balaban J connectivity index is 2.28. The first kappa shape index (κ1) is 13.8. The first-order valence-corrected chi connectivity index (χ1v) is 6.26. The third-order valence-corrected chi connectivity index (χ3v) is 3.08. The van der Waals surface area contributed by atoms with E-state index in [9.17, 15) is 9.59 Å². The van der Waals surface area contributed by atoms with Crippen molar-refractivity contribution in [2.45, 2.75) is 6.54 Å². The molecule has 0 fully saturated rings. The zero-order valence-electron chi connectivity index (χ0n) is 11.3. The Morgan fingerprint density at radius 2 is 2.05 bits per heavy atom. The van der Waals surface area contributed by atoms with Crippen LogP contribution in [0.5, 0.6) is 0 Å². The maximum atomic E-state index is 11.8. The number of allylic oxidation sites excluding steroid dienone is 2. The Morgan fingerprint density at radius 1 is 1.35 bits per heavy atom. The highest BCUT2D eigenvalue weighted by Gasteiger charge is 2.21. The Labute approximate surface area is 118 Å². The molecule has 0 radical (unpaired) electrons. The van der Waals surface area contributed by atoms with Gasteiger partial charge in [0.2, 0.25) is 0 Å². The van der Waals surface area contributed by atoms with Crippen LogP contribution in [0.15, 0.2) is 66.0 Å². The molecule has 102 valence electrons. The lowest BCUT2D eigenvalue weighted by molar-refractivity contribution is -0.116. The molecule has 0 bridgehead atoms. The van der Waals surface area contributed by atoms with Crippen LogP contribution in [-0.2, 0) is 16.1 Å². The van der Waals surface area contributed by atoms with E-state index in [1.807, 2.05) is 35.2 Å². The number of amides is 1. The van der Waals surface area contributed by atoms with Gasteiger partial charge in [-0.2, -0.15) is 0 Å². The number of rotatable bonds is 4. The third kappa shape index (κ3) is 2.85. The number of hydrogen-bond donors (Lipinski definition) is 1. The summed E-state index contributed by atoms with van der Waals surface area (Å²) in [5.41, 5.74) is 2.52. The number of nitrogens with zero attached hydrogens (tertiary/aromatic N) is 1. The van der Waals surface area contributed by atoms with Crippen molar-refractivity contribution in [3.63, 3.8) is 0 Å². The summed E-state index contributed by atoms with van der Waals surface area (Å²) in [6, 6.07) is 9.81. The van der Waals surface area contributed by atoms with E-state index in [2.05, 4.69) is 11.9 Å². The Morgan fingerprint density at radius 3 is 2.65 bits per heavy atom. The highest BCUT2D eigenvalue weighted by atomic mass is 16.1. The number of carbonyl (C=O) groups is 2. The van der Waals surface area contributed by atoms with Gasteiger partial charge in [0.05, 0.1) is 5.57 Å². The number of benzene rings is 1. The van der Waals surface area contributed by atoms with Gasteiger partial charge in [-0.1, -0.05) is 36.9 Å². The van der Waals surface area contributed by atoms with Crippen LogP contribution < -0.4 is 5.32 Å². The molecule has 0 atom stereocenters. The van der Waals surface area contributed by atoms with E-state index in [4.69, 9.17) is 0 Å². The van der Waals surface area contributed by atoms with Crippen LogP contribution in [0.4, 0.5) is 0 Å². The van der Waals surface area contributed by atoms with Gasteiger partial charge in [-0.25, -0.2) is 0 Å². The summed E-state index contributed by atoms with van der Waals surface area (Å²) in [5.74, 6) is -0.250. The lowest BCUT2D eigenvalue weighted by atomic mass is 10.0. The lowest BCUT2D eigenvalue weighted by Gasteiger charge is -2.27. The minimum atomic E-state index is -0.250. The average Bonchev–Trinajstić information content (AvgIpc) is 2.49. The summed E-state index contributed by atoms with van der Waals surface area (Å²) in [6.45, 7) is 4.51. The van der Waals surface area contributed by atoms with Gasteiger partial charge in [0.25, 0.3) is 5.91 Å². The van der Waals surface area contributed by atoms with Crippen LogP contribution in [0.3, 0.4) is 0 Å². The molecule has 0 saturated carbocycles. The summed E-state index contributed by atoms with van der Waals surface area (Å²) < 4.78 is 0. The van der Waals surface area contributed by atoms with Gasteiger partial charge in [-0.05, 0) is 11.6 Å². The smallest absolute Gasteiger partial charge is 0.253 e. The van der Waals surface area contributed by atoms with Crippen LogP contribution in [0, 0.1) is 0 Å². The standard InChI is InChI=1S/C16H16N2O2/c1-12-15(16(20)17-2)8-14(11-19)10-18(12)9-13-6-4-3-5-7-13/h3-8,10-11H,1,9H2,2H3,(H,17,20). The first-order valence-electron chi connectivity index (χ1n) is 6.26. The number of aldehydes is 1. The quantitative estimate of drug-likeness (QED) is 0.847. The van der Waals surface area contributed by atoms with Crippen molar-refractivity contribution in [1.82, 2.24) is 10.2 Å². The fourth-order valence-electron chi connectivity index (χ4n) is 2.02. The predicted molar refractivity (Wildman–Crippen MR) is 77.4 cm³/mol. The van der Waals surface area contributed by atoms with Crippen molar-refractivity contribution < 1.29 is 9.59 Å². The molecule has 1 aromatic carbocycles. The summed E-state index contributed by atoms with van der Waals surface area (Å²) >= 11 is 0. The zero-order chi connectivity index (χ0) is 14.5. The molecular weight excluding hydrogens is 252 g/mol. The Kier molecular flexibility index (Phi) is 4.15. The topological polar surface area (TPSA) is 49.4 Å². The molecule has 1 N–H and O–H groups in total. The summed E-state index contributed by atoms with van der Waals surface area (Å²) in [5, 5.41) is 2.56. The molecule has 0 aliphatic carbocycles. The highest BCUT2D eigenvalue weighted by molar-refractivity contribution is 6.00. The van der Waals surface area contributed by atoms with E-state index < -0.39 is 0 Å². The fourth-order valence-corrected chi connectivity index (χ4v) is 2.02. The SMILES string of the molecule is C=C1C(C(=O)NC)=CC(C=O)=CN1Cc1ccccc1. The second kappa shape index (κ2) is 6.02. The van der Waals surface area contributed by atoms with E-state index in [1.54, 1.807) is 19.3 Å². The van der Waals surface area contributed by atoms with Crippen LogP contribution in [0.2, 0.25) is 0 Å². The van der Waals surface area contributed by atoms with Crippen molar-refractivity contribution in [2.24, 2.45) is 0 Å². The maximum absolute atomic E-state index is 11.8. The van der Waals surface area contributed by atoms with Gasteiger partial charge < -0.3 is 10.2 Å². The normalized spacial score (nSPS) is 14.4. The van der Waals surface area contributed by atoms with Gasteiger partial charge in [0.15, 0.2) is 6.29 Å². The number of carbonyl (C=O) groups excluding carboxylic acids is 2. The number of hydrogen-bond acceptors (Lipinski definition) is 3. The minimum Gasteiger partial charge on any atom is -0.355 e. The minimum absolute atomic E-state index is 0.250. The maximum Gasteiger partial charge on any atom is 0.253 e. The summed E-state index contributed by atoms with van der Waals surface area (Å²) in [6.07, 6.45) is 3.98. The van der Waals surface area contributed by atoms with Crippen molar-refractivity contribution in [2.75, 3.05) is 7.05 Å². The molecule has 4 nitrogen and oxygen atoms in total. The fraction of sp³-hybridized carbons (Fsp3) is 0.125. The van der Waals surface area contributed by atoms with Crippen LogP contribution in [0.25, 0.3) is 0 Å². The molecule has 1 aliphatic rings. The van der Waals surface area contributed by atoms with Crippen molar-refractivity contribution >= 4 is 12.2 Å². The molecule has 1 aliphatic heterocycles. The van der Waals surface area contributed by atoms with E-state index in [0.717, 1.165) is 11.8 Å². The van der Waals surface area contributed by atoms with E-state index in [0.29, 0.717) is 23.4 Å². The van der Waals surface area contributed by atoms with E-state index in [1.165, 1.54) is 0 Å². The summed E-state index contributed by atoms with van der Waals surface area (Å²) in [4.78, 5) is 24.7. The molecule has 0 spiro atoms. The third-order valence-electron chi connectivity index (χ3n) is 3.08. The van der Waals surface area contributed by atoms with Crippen LogP contribution in [0.1, 0.15) is 5.56 Å². The van der Waals surface area contributed by atoms with Gasteiger partial charge in [0.1, 0.15) is 0 Å². The molecule has 1 aromatic rings. The number of likely N-dealkylation sites (N-methyl/N-ethyl adjacent to an activating group) is 1. The molecular formula is C16H16N2O2. The monoisotopic (exact) mass is 268 g/mol. The van der Waals surface area contributed by atoms with Crippen molar-refractivity contribution in [3.8, 4) is 0 Å². The molecule has 0 unspecified atom stereocenters. The Bertz CT molecular complexity index is 600. The van der Waals surface area contributed by atoms with E-state index in [-0.39, 0.29) is 5.91 Å². The lowest BCUT2D eigenvalue weighted by Crippen LogP contribution is -2.29. The number of nitrogens with one attached hydrogen (secondary N) is 1. The zero-order valence-corrected chi connectivity index (χ0v) is 11.3. The summed E-state index contributed by atoms with van der Waals surface area (Å²) in [7, 11) is 1.55. The second-order valence-electron chi connectivity index (χ2n) is 4.44. The highest BCUT2D eigenvalue weighted by Crippen LogP contribution is 2.24. The largest absolute Gasteiger partial charge is 0.355 e. The second-order valence-corrected chi connectivity index (χ2v) is 4.44. The molecule has 1 amide bonds. The molecule has 20 heavy (non-hydrogen) atoms. The Hall–Kier alpha value is -2.62. The van der Waals surface area contributed by atoms with Gasteiger partial charge in [-0.15, -0.1) is 0 Å². The molecule has 0 aromatic heterocycles. The average molecular weight is 268 g/mol. The van der Waals surface area contributed by atoms with Gasteiger partial charge in [-0.3, -0.25) is 9.59 Å². The molecule has 2 rings (SSSR count). The molecule has 0 saturated heterocycles. The van der Waals surface area contributed by atoms with Crippen LogP contribution in [-0.4, -0.2) is 24.1 Å². The molecule has 4 heteroatoms. The van der Waals surface area contributed by atoms with Crippen LogP contribution >= 0.6 is 0 Å². The van der Waals surface area contributed by atoms with Gasteiger partial charge >= 0.3 is 0 Å². The predicted octanol–water partition coefficient (Wildman–Crippen LogP) is 1.77.